The molecule has 0 saturated heterocycles. The molecular formula is C20H22Cl2N2O3S2. The van der Waals surface area contributed by atoms with Gasteiger partial charge < -0.3 is 5.32 Å². The number of amides is 1. The summed E-state index contributed by atoms with van der Waals surface area (Å²) in [5, 5.41) is 4.11. The maximum absolute atomic E-state index is 12.3. The van der Waals surface area contributed by atoms with Gasteiger partial charge in [0.15, 0.2) is 0 Å². The highest BCUT2D eigenvalue weighted by Crippen LogP contribution is 2.28. The largest absolute Gasteiger partial charge is 0.351 e. The Labute approximate surface area is 186 Å². The first-order valence-corrected chi connectivity index (χ1v) is 12.5. The number of sulfonamides is 1. The summed E-state index contributed by atoms with van der Waals surface area (Å²) >= 11 is 13.9. The van der Waals surface area contributed by atoms with E-state index in [1.54, 1.807) is 54.2 Å². The summed E-state index contributed by atoms with van der Waals surface area (Å²) in [6.45, 7) is 4.23. The average molecular weight is 473 g/mol. The molecule has 5 nitrogen and oxygen atoms in total. The molecule has 0 spiro atoms. The molecule has 0 heterocycles. The number of nitrogens with zero attached hydrogens (tertiary/aromatic N) is 1. The molecule has 2 rings (SSSR count). The Balaban J connectivity index is 1.86. The van der Waals surface area contributed by atoms with Gasteiger partial charge in [-0.25, -0.2) is 8.42 Å². The number of benzene rings is 2. The van der Waals surface area contributed by atoms with Crippen LogP contribution in [0, 0.1) is 0 Å². The maximum atomic E-state index is 12.3. The first kappa shape index (κ1) is 23.6. The molecule has 0 fully saturated rings. The van der Waals surface area contributed by atoms with Crippen LogP contribution in [0.4, 0.5) is 5.69 Å². The average Bonchev–Trinajstić information content (AvgIpc) is 2.67. The molecule has 0 radical (unpaired) electrons. The summed E-state index contributed by atoms with van der Waals surface area (Å²) < 4.78 is 25.0. The number of anilines is 1. The van der Waals surface area contributed by atoms with Gasteiger partial charge in [0, 0.05) is 33.7 Å². The second-order valence-corrected chi connectivity index (χ2v) is 9.96. The normalized spacial score (nSPS) is 11.1. The molecule has 0 aliphatic rings. The fourth-order valence-corrected chi connectivity index (χ4v) is 4.99. The highest BCUT2D eigenvalue weighted by molar-refractivity contribution is 7.98. The molecule has 0 atom stereocenters. The van der Waals surface area contributed by atoms with E-state index in [-0.39, 0.29) is 12.5 Å². The molecule has 1 N–H and O–H groups in total. The van der Waals surface area contributed by atoms with E-state index in [1.165, 1.54) is 10.4 Å². The summed E-state index contributed by atoms with van der Waals surface area (Å²) in [4.78, 5) is 12.3. The van der Waals surface area contributed by atoms with E-state index in [9.17, 15) is 13.2 Å². The number of halogens is 2. The zero-order valence-corrected chi connectivity index (χ0v) is 19.0. The fraction of sp³-hybridized carbons (Fsp3) is 0.250. The van der Waals surface area contributed by atoms with Crippen molar-refractivity contribution in [3.63, 3.8) is 0 Å². The topological polar surface area (TPSA) is 66.5 Å². The van der Waals surface area contributed by atoms with E-state index in [4.69, 9.17) is 23.2 Å². The monoisotopic (exact) mass is 472 g/mol. The summed E-state index contributed by atoms with van der Waals surface area (Å²) in [5.74, 6) is 1.14. The predicted molar refractivity (Wildman–Crippen MR) is 124 cm³/mol. The van der Waals surface area contributed by atoms with Crippen molar-refractivity contribution in [3.8, 4) is 0 Å². The van der Waals surface area contributed by atoms with Crippen LogP contribution in [0.15, 0.2) is 55.1 Å². The van der Waals surface area contributed by atoms with Crippen LogP contribution in [-0.4, -0.2) is 39.4 Å². The van der Waals surface area contributed by atoms with E-state index in [0.29, 0.717) is 39.3 Å². The smallest absolute Gasteiger partial charge is 0.251 e. The summed E-state index contributed by atoms with van der Waals surface area (Å²) in [6, 6.07) is 11.8. The number of carbonyl (C=O) groups is 1. The highest BCUT2D eigenvalue weighted by atomic mass is 35.5. The van der Waals surface area contributed by atoms with Crippen LogP contribution in [0.3, 0.4) is 0 Å². The Morgan fingerprint density at radius 2 is 1.79 bits per heavy atom. The van der Waals surface area contributed by atoms with E-state index in [0.717, 1.165) is 11.8 Å². The van der Waals surface area contributed by atoms with Gasteiger partial charge in [-0.15, -0.1) is 6.58 Å². The predicted octanol–water partition coefficient (Wildman–Crippen LogP) is 4.61. The van der Waals surface area contributed by atoms with Crippen LogP contribution in [0.25, 0.3) is 0 Å². The van der Waals surface area contributed by atoms with Crippen LogP contribution in [-0.2, 0) is 15.8 Å². The first-order valence-electron chi connectivity index (χ1n) is 8.71. The molecule has 29 heavy (non-hydrogen) atoms. The molecule has 0 saturated carbocycles. The van der Waals surface area contributed by atoms with Crippen molar-refractivity contribution in [2.24, 2.45) is 0 Å². The van der Waals surface area contributed by atoms with Crippen LogP contribution in [0.1, 0.15) is 15.9 Å². The van der Waals surface area contributed by atoms with Crippen molar-refractivity contribution in [1.82, 2.24) is 5.32 Å². The lowest BCUT2D eigenvalue weighted by atomic mass is 10.2. The standard InChI is InChI=1S/C20H22Cl2N2O3S2/c1-3-12-24(29(2,26)27)16-9-7-15(8-10-16)20(25)23-11-13-28-14-17-18(21)5-4-6-19(17)22/h3-10H,1,11-14H2,2H3,(H,23,25). The molecule has 0 aromatic heterocycles. The van der Waals surface area contributed by atoms with Crippen LogP contribution < -0.4 is 9.62 Å². The quantitative estimate of drug-likeness (QED) is 0.404. The van der Waals surface area contributed by atoms with Gasteiger partial charge in [-0.3, -0.25) is 9.10 Å². The van der Waals surface area contributed by atoms with Gasteiger partial charge in [0.2, 0.25) is 10.0 Å². The Kier molecular flexibility index (Phi) is 8.89. The van der Waals surface area contributed by atoms with Gasteiger partial charge in [0.25, 0.3) is 5.91 Å². The number of nitrogens with one attached hydrogen (secondary N) is 1. The van der Waals surface area contributed by atoms with E-state index in [2.05, 4.69) is 11.9 Å². The molecule has 2 aromatic carbocycles. The summed E-state index contributed by atoms with van der Waals surface area (Å²) in [6.07, 6.45) is 2.64. The molecule has 1 amide bonds. The van der Waals surface area contributed by atoms with E-state index in [1.807, 2.05) is 0 Å². The number of hydrogen-bond donors (Lipinski definition) is 1. The zero-order chi connectivity index (χ0) is 21.4. The van der Waals surface area contributed by atoms with Crippen LogP contribution in [0.5, 0.6) is 0 Å². The van der Waals surface area contributed by atoms with Crippen molar-refractivity contribution in [2.75, 3.05) is 29.4 Å². The van der Waals surface area contributed by atoms with Crippen molar-refractivity contribution >= 4 is 56.6 Å². The van der Waals surface area contributed by atoms with Gasteiger partial charge >= 0.3 is 0 Å². The second-order valence-electron chi connectivity index (χ2n) is 6.14. The van der Waals surface area contributed by atoms with Gasteiger partial charge in [0.05, 0.1) is 18.5 Å². The minimum Gasteiger partial charge on any atom is -0.351 e. The van der Waals surface area contributed by atoms with Gasteiger partial charge in [-0.1, -0.05) is 35.3 Å². The molecule has 9 heteroatoms. The molecule has 0 bridgehead atoms. The Hall–Kier alpha value is -1.67. The number of hydrogen-bond acceptors (Lipinski definition) is 4. The second kappa shape index (κ2) is 10.9. The minimum absolute atomic E-state index is 0.164. The summed E-state index contributed by atoms with van der Waals surface area (Å²) in [7, 11) is -3.42. The number of carbonyl (C=O) groups excluding carboxylic acids is 1. The van der Waals surface area contributed by atoms with Crippen molar-refractivity contribution in [2.45, 2.75) is 5.75 Å². The lowest BCUT2D eigenvalue weighted by Crippen LogP contribution is -2.30. The molecule has 2 aromatic rings. The Morgan fingerprint density at radius 1 is 1.17 bits per heavy atom. The third-order valence-corrected chi connectivity index (χ3v) is 6.81. The SMILES string of the molecule is C=CCN(c1ccc(C(=O)NCCSCc2c(Cl)cccc2Cl)cc1)S(C)(=O)=O. The number of rotatable bonds is 10. The van der Waals surface area contributed by atoms with Gasteiger partial charge in [-0.2, -0.15) is 11.8 Å². The lowest BCUT2D eigenvalue weighted by Gasteiger charge is -2.20. The van der Waals surface area contributed by atoms with E-state index < -0.39 is 10.0 Å². The molecule has 0 unspecified atom stereocenters. The third-order valence-electron chi connectivity index (χ3n) is 3.95. The van der Waals surface area contributed by atoms with Crippen LogP contribution >= 0.6 is 35.0 Å². The molecular weight excluding hydrogens is 451 g/mol. The molecule has 156 valence electrons. The Morgan fingerprint density at radius 3 is 2.34 bits per heavy atom. The van der Waals surface area contributed by atoms with Crippen LogP contribution in [0.2, 0.25) is 10.0 Å². The zero-order valence-electron chi connectivity index (χ0n) is 15.9. The molecule has 0 aliphatic heterocycles. The van der Waals surface area contributed by atoms with Crippen molar-refractivity contribution in [3.05, 3.63) is 76.3 Å². The van der Waals surface area contributed by atoms with Crippen molar-refractivity contribution in [1.29, 1.82) is 0 Å². The van der Waals surface area contributed by atoms with E-state index >= 15 is 0 Å². The maximum Gasteiger partial charge on any atom is 0.251 e. The first-order chi connectivity index (χ1) is 13.7. The molecule has 0 aliphatic carbocycles. The lowest BCUT2D eigenvalue weighted by molar-refractivity contribution is 0.0956. The fourth-order valence-electron chi connectivity index (χ4n) is 2.51. The number of thioether (sulfide) groups is 1. The van der Waals surface area contributed by atoms with Gasteiger partial charge in [-0.05, 0) is 42.0 Å². The Bertz CT molecular complexity index is 944. The summed E-state index contributed by atoms with van der Waals surface area (Å²) in [5.41, 5.74) is 1.83. The van der Waals surface area contributed by atoms with Gasteiger partial charge in [0.1, 0.15) is 0 Å². The third kappa shape index (κ3) is 6.96. The highest BCUT2D eigenvalue weighted by Gasteiger charge is 2.16. The minimum atomic E-state index is -3.42. The van der Waals surface area contributed by atoms with Crippen molar-refractivity contribution < 1.29 is 13.2 Å².